The second-order valence-electron chi connectivity index (χ2n) is 2.97. The fraction of sp³-hybridized carbons (Fsp3) is 0.875. The molecule has 0 aromatic heterocycles. The molecule has 0 amide bonds. The number of hydrogen-bond acceptors (Lipinski definition) is 2. The summed E-state index contributed by atoms with van der Waals surface area (Å²) in [5.74, 6) is 0.203. The van der Waals surface area contributed by atoms with Gasteiger partial charge in [-0.25, -0.2) is 0 Å². The fourth-order valence-corrected chi connectivity index (χ4v) is 1.42. The summed E-state index contributed by atoms with van der Waals surface area (Å²) in [7, 11) is 0. The minimum Gasteiger partial charge on any atom is -0.462 e. The molecular formula is C8H14O2. The quantitative estimate of drug-likeness (QED) is 0.549. The largest absolute Gasteiger partial charge is 0.462 e. The van der Waals surface area contributed by atoms with Gasteiger partial charge in [0.05, 0.1) is 12.0 Å². The second-order valence-corrected chi connectivity index (χ2v) is 2.97. The van der Waals surface area contributed by atoms with Crippen LogP contribution in [0.15, 0.2) is 0 Å². The average Bonchev–Trinajstić information content (AvgIpc) is 2.13. The van der Waals surface area contributed by atoms with Crippen molar-refractivity contribution in [3.8, 4) is 0 Å². The summed E-state index contributed by atoms with van der Waals surface area (Å²) in [5, 5.41) is 0. The Balaban J connectivity index is 2.39. The van der Waals surface area contributed by atoms with Crippen molar-refractivity contribution in [1.29, 1.82) is 0 Å². The Morgan fingerprint density at radius 1 is 1.70 bits per heavy atom. The number of carbonyl (C=O) groups is 1. The molecule has 0 aromatic carbocycles. The van der Waals surface area contributed by atoms with Crippen molar-refractivity contribution in [3.05, 3.63) is 0 Å². The molecule has 1 saturated heterocycles. The van der Waals surface area contributed by atoms with E-state index in [0.717, 1.165) is 19.3 Å². The van der Waals surface area contributed by atoms with Crippen molar-refractivity contribution < 1.29 is 9.53 Å². The lowest BCUT2D eigenvalue weighted by Gasteiger charge is -1.99. The minimum absolute atomic E-state index is 0.00866. The van der Waals surface area contributed by atoms with E-state index in [-0.39, 0.29) is 18.0 Å². The second kappa shape index (κ2) is 3.04. The molecule has 1 aliphatic heterocycles. The highest BCUT2D eigenvalue weighted by Gasteiger charge is 2.30. The Kier molecular flexibility index (Phi) is 2.30. The highest BCUT2D eigenvalue weighted by atomic mass is 16.5. The number of esters is 1. The van der Waals surface area contributed by atoms with Gasteiger partial charge in [-0.2, -0.15) is 0 Å². The third-order valence-electron chi connectivity index (χ3n) is 1.90. The summed E-state index contributed by atoms with van der Waals surface area (Å²) >= 11 is 0. The zero-order chi connectivity index (χ0) is 7.56. The standard InChI is InChI=1S/C8H14O2/c1-3-4-7-5-6(2)10-8(7)9/h6-7H,3-5H2,1-2H3/t6-,7-/m0/s1. The molecule has 0 bridgehead atoms. The van der Waals surface area contributed by atoms with Crippen LogP contribution in [0.2, 0.25) is 0 Å². The summed E-state index contributed by atoms with van der Waals surface area (Å²) < 4.78 is 4.99. The smallest absolute Gasteiger partial charge is 0.309 e. The van der Waals surface area contributed by atoms with Gasteiger partial charge in [-0.1, -0.05) is 13.3 Å². The van der Waals surface area contributed by atoms with Crippen molar-refractivity contribution >= 4 is 5.97 Å². The van der Waals surface area contributed by atoms with Gasteiger partial charge in [0.15, 0.2) is 0 Å². The number of hydrogen-bond donors (Lipinski definition) is 0. The van der Waals surface area contributed by atoms with E-state index in [1.807, 2.05) is 6.92 Å². The van der Waals surface area contributed by atoms with Crippen molar-refractivity contribution in [2.75, 3.05) is 0 Å². The SMILES string of the molecule is CCC[C@H]1C[C@H](C)OC1=O. The van der Waals surface area contributed by atoms with Crippen LogP contribution in [0.5, 0.6) is 0 Å². The van der Waals surface area contributed by atoms with Crippen molar-refractivity contribution in [2.45, 2.75) is 39.2 Å². The normalized spacial score (nSPS) is 32.4. The first kappa shape index (κ1) is 7.58. The molecule has 58 valence electrons. The highest BCUT2D eigenvalue weighted by molar-refractivity contribution is 5.74. The van der Waals surface area contributed by atoms with Crippen LogP contribution in [0, 0.1) is 5.92 Å². The maximum atomic E-state index is 11.0. The molecule has 2 atom stereocenters. The summed E-state index contributed by atoms with van der Waals surface area (Å²) in [5.41, 5.74) is 0. The number of ether oxygens (including phenoxy) is 1. The Morgan fingerprint density at radius 3 is 2.80 bits per heavy atom. The van der Waals surface area contributed by atoms with Crippen LogP contribution < -0.4 is 0 Å². The van der Waals surface area contributed by atoms with Crippen LogP contribution in [0.25, 0.3) is 0 Å². The lowest BCUT2D eigenvalue weighted by molar-refractivity contribution is -0.143. The zero-order valence-electron chi connectivity index (χ0n) is 6.59. The van der Waals surface area contributed by atoms with E-state index in [9.17, 15) is 4.79 Å². The van der Waals surface area contributed by atoms with Gasteiger partial charge in [0.2, 0.25) is 0 Å². The summed E-state index contributed by atoms with van der Waals surface area (Å²) in [6.45, 7) is 4.05. The molecule has 10 heavy (non-hydrogen) atoms. The Hall–Kier alpha value is -0.530. The van der Waals surface area contributed by atoms with Gasteiger partial charge in [0.1, 0.15) is 0 Å². The van der Waals surface area contributed by atoms with E-state index in [1.165, 1.54) is 0 Å². The topological polar surface area (TPSA) is 26.3 Å². The first-order valence-electron chi connectivity index (χ1n) is 3.94. The van der Waals surface area contributed by atoms with E-state index in [0.29, 0.717) is 0 Å². The first-order valence-corrected chi connectivity index (χ1v) is 3.94. The van der Waals surface area contributed by atoms with Crippen LogP contribution in [0.1, 0.15) is 33.1 Å². The van der Waals surface area contributed by atoms with E-state index >= 15 is 0 Å². The third-order valence-corrected chi connectivity index (χ3v) is 1.90. The van der Waals surface area contributed by atoms with Gasteiger partial charge >= 0.3 is 5.97 Å². The molecule has 0 aliphatic carbocycles. The Labute approximate surface area is 61.6 Å². The third kappa shape index (κ3) is 1.49. The molecule has 0 saturated carbocycles. The van der Waals surface area contributed by atoms with Gasteiger partial charge in [0.25, 0.3) is 0 Å². The van der Waals surface area contributed by atoms with Crippen LogP contribution in [-0.4, -0.2) is 12.1 Å². The first-order chi connectivity index (χ1) is 4.74. The van der Waals surface area contributed by atoms with Gasteiger partial charge in [0, 0.05) is 0 Å². The summed E-state index contributed by atoms with van der Waals surface area (Å²) in [6, 6.07) is 0. The molecule has 0 aromatic rings. The Bertz CT molecular complexity index is 131. The highest BCUT2D eigenvalue weighted by Crippen LogP contribution is 2.24. The predicted molar refractivity (Wildman–Crippen MR) is 38.6 cm³/mol. The van der Waals surface area contributed by atoms with Gasteiger partial charge < -0.3 is 4.74 Å². The van der Waals surface area contributed by atoms with Crippen LogP contribution >= 0.6 is 0 Å². The van der Waals surface area contributed by atoms with E-state index < -0.39 is 0 Å². The molecule has 0 spiro atoms. The minimum atomic E-state index is 0.00866. The molecule has 0 radical (unpaired) electrons. The monoisotopic (exact) mass is 142 g/mol. The maximum Gasteiger partial charge on any atom is 0.309 e. The molecular weight excluding hydrogens is 128 g/mol. The van der Waals surface area contributed by atoms with Gasteiger partial charge in [-0.15, -0.1) is 0 Å². The number of cyclic esters (lactones) is 1. The summed E-state index contributed by atoms with van der Waals surface area (Å²) in [4.78, 5) is 11.0. The van der Waals surface area contributed by atoms with Crippen molar-refractivity contribution in [1.82, 2.24) is 0 Å². The molecule has 0 unspecified atom stereocenters. The van der Waals surface area contributed by atoms with Gasteiger partial charge in [-0.3, -0.25) is 4.79 Å². The lowest BCUT2D eigenvalue weighted by atomic mass is 10.0. The number of carbonyl (C=O) groups excluding carboxylic acids is 1. The van der Waals surface area contributed by atoms with E-state index in [4.69, 9.17) is 4.74 Å². The fourth-order valence-electron chi connectivity index (χ4n) is 1.42. The molecule has 1 fully saturated rings. The maximum absolute atomic E-state index is 11.0. The van der Waals surface area contributed by atoms with Crippen LogP contribution in [0.4, 0.5) is 0 Å². The number of rotatable bonds is 2. The molecule has 1 aliphatic rings. The lowest BCUT2D eigenvalue weighted by Crippen LogP contribution is -2.06. The molecule has 2 heteroatoms. The molecule has 2 nitrogen and oxygen atoms in total. The molecule has 1 heterocycles. The molecule has 0 N–H and O–H groups in total. The Morgan fingerprint density at radius 2 is 2.40 bits per heavy atom. The predicted octanol–water partition coefficient (Wildman–Crippen LogP) is 1.74. The van der Waals surface area contributed by atoms with Crippen molar-refractivity contribution in [2.24, 2.45) is 5.92 Å². The van der Waals surface area contributed by atoms with Crippen LogP contribution in [0.3, 0.4) is 0 Å². The van der Waals surface area contributed by atoms with E-state index in [2.05, 4.69) is 6.92 Å². The molecule has 1 rings (SSSR count). The summed E-state index contributed by atoms with van der Waals surface area (Å²) in [6.07, 6.45) is 3.14. The van der Waals surface area contributed by atoms with E-state index in [1.54, 1.807) is 0 Å². The van der Waals surface area contributed by atoms with Gasteiger partial charge in [-0.05, 0) is 19.8 Å². The van der Waals surface area contributed by atoms with Crippen LogP contribution in [-0.2, 0) is 9.53 Å². The zero-order valence-corrected chi connectivity index (χ0v) is 6.59. The van der Waals surface area contributed by atoms with Crippen molar-refractivity contribution in [3.63, 3.8) is 0 Å². The average molecular weight is 142 g/mol.